The van der Waals surface area contributed by atoms with E-state index in [2.05, 4.69) is 15.0 Å². The van der Waals surface area contributed by atoms with Crippen LogP contribution in [0.1, 0.15) is 6.42 Å². The Morgan fingerprint density at radius 2 is 2.50 bits per heavy atom. The van der Waals surface area contributed by atoms with Crippen LogP contribution in [0.25, 0.3) is 0 Å². The molecule has 76 valence electrons. The number of anilines is 1. The third-order valence-corrected chi connectivity index (χ3v) is 1.82. The number of rotatable bonds is 4. The van der Waals surface area contributed by atoms with Gasteiger partial charge in [-0.1, -0.05) is 11.6 Å². The first-order valence-corrected chi connectivity index (χ1v) is 4.52. The normalized spacial score (nSPS) is 9.57. The van der Waals surface area contributed by atoms with Crippen molar-refractivity contribution in [2.75, 3.05) is 19.0 Å². The summed E-state index contributed by atoms with van der Waals surface area (Å²) in [6, 6.07) is 3.47. The van der Waals surface area contributed by atoms with Crippen molar-refractivity contribution in [2.45, 2.75) is 6.42 Å². The minimum atomic E-state index is -0.238. The molecule has 0 bridgehead atoms. The van der Waals surface area contributed by atoms with E-state index >= 15 is 0 Å². The van der Waals surface area contributed by atoms with Gasteiger partial charge in [-0.05, 0) is 12.1 Å². The third-order valence-electron chi connectivity index (χ3n) is 1.61. The first kappa shape index (κ1) is 10.8. The number of pyridine rings is 1. The Morgan fingerprint density at radius 1 is 1.71 bits per heavy atom. The van der Waals surface area contributed by atoms with Gasteiger partial charge in [0.05, 0.1) is 13.5 Å². The van der Waals surface area contributed by atoms with Gasteiger partial charge in [-0.2, -0.15) is 0 Å². The number of carbonyl (C=O) groups is 1. The zero-order chi connectivity index (χ0) is 10.4. The van der Waals surface area contributed by atoms with E-state index in [-0.39, 0.29) is 5.97 Å². The Balaban J connectivity index is 2.35. The highest BCUT2D eigenvalue weighted by Crippen LogP contribution is 2.11. The molecule has 0 atom stereocenters. The Kier molecular flexibility index (Phi) is 4.19. The average Bonchev–Trinajstić information content (AvgIpc) is 2.17. The number of esters is 1. The largest absolute Gasteiger partial charge is 0.469 e. The number of carbonyl (C=O) groups excluding carboxylic acids is 1. The van der Waals surface area contributed by atoms with Crippen molar-refractivity contribution in [3.05, 3.63) is 23.5 Å². The second kappa shape index (κ2) is 5.44. The van der Waals surface area contributed by atoms with Gasteiger partial charge in [0.25, 0.3) is 0 Å². The van der Waals surface area contributed by atoms with Gasteiger partial charge in [0.15, 0.2) is 0 Å². The van der Waals surface area contributed by atoms with Crippen LogP contribution in [0, 0.1) is 0 Å². The molecule has 0 amide bonds. The molecule has 0 saturated heterocycles. The van der Waals surface area contributed by atoms with E-state index in [9.17, 15) is 4.79 Å². The highest BCUT2D eigenvalue weighted by atomic mass is 35.5. The van der Waals surface area contributed by atoms with Crippen LogP contribution in [0.15, 0.2) is 18.3 Å². The van der Waals surface area contributed by atoms with E-state index in [1.807, 2.05) is 0 Å². The van der Waals surface area contributed by atoms with Crippen molar-refractivity contribution in [3.63, 3.8) is 0 Å². The van der Waals surface area contributed by atoms with E-state index in [4.69, 9.17) is 11.6 Å². The molecule has 0 aromatic carbocycles. The topological polar surface area (TPSA) is 51.2 Å². The second-order valence-corrected chi connectivity index (χ2v) is 3.01. The standard InChI is InChI=1S/C9H11ClN2O2/c1-14-9(13)3-5-11-7-2-4-12-8(10)6-7/h2,4,6H,3,5H2,1H3,(H,11,12). The van der Waals surface area contributed by atoms with Crippen molar-refractivity contribution < 1.29 is 9.53 Å². The van der Waals surface area contributed by atoms with Crippen LogP contribution in [0.4, 0.5) is 5.69 Å². The average molecular weight is 215 g/mol. The number of ether oxygens (including phenoxy) is 1. The zero-order valence-electron chi connectivity index (χ0n) is 7.79. The molecule has 0 aliphatic carbocycles. The molecule has 0 fully saturated rings. The summed E-state index contributed by atoms with van der Waals surface area (Å²) in [4.78, 5) is 14.6. The minimum absolute atomic E-state index is 0.238. The molecule has 0 radical (unpaired) electrons. The van der Waals surface area contributed by atoms with Crippen LogP contribution in [0.2, 0.25) is 5.15 Å². The molecule has 1 N–H and O–H groups in total. The second-order valence-electron chi connectivity index (χ2n) is 2.62. The summed E-state index contributed by atoms with van der Waals surface area (Å²) in [5.74, 6) is -0.238. The maximum Gasteiger partial charge on any atom is 0.307 e. The minimum Gasteiger partial charge on any atom is -0.469 e. The molecule has 0 aliphatic heterocycles. The first-order chi connectivity index (χ1) is 6.72. The van der Waals surface area contributed by atoms with Gasteiger partial charge in [0.1, 0.15) is 5.15 Å². The summed E-state index contributed by atoms with van der Waals surface area (Å²) < 4.78 is 4.49. The highest BCUT2D eigenvalue weighted by molar-refractivity contribution is 6.29. The lowest BCUT2D eigenvalue weighted by Crippen LogP contribution is -2.09. The summed E-state index contributed by atoms with van der Waals surface area (Å²) >= 11 is 5.67. The molecule has 0 saturated carbocycles. The van der Waals surface area contributed by atoms with Gasteiger partial charge in [-0.3, -0.25) is 4.79 Å². The lowest BCUT2D eigenvalue weighted by atomic mass is 10.3. The van der Waals surface area contributed by atoms with Crippen LogP contribution in [0.3, 0.4) is 0 Å². The molecule has 1 aromatic heterocycles. The predicted molar refractivity (Wildman–Crippen MR) is 54.4 cm³/mol. The number of halogens is 1. The van der Waals surface area contributed by atoms with E-state index in [0.29, 0.717) is 18.1 Å². The molecule has 0 aliphatic rings. The van der Waals surface area contributed by atoms with Crippen molar-refractivity contribution in [3.8, 4) is 0 Å². The Hall–Kier alpha value is -1.29. The monoisotopic (exact) mass is 214 g/mol. The van der Waals surface area contributed by atoms with Crippen LogP contribution in [-0.4, -0.2) is 24.6 Å². The number of methoxy groups -OCH3 is 1. The molecule has 0 unspecified atom stereocenters. The molecule has 1 rings (SSSR count). The Labute approximate surface area is 87.2 Å². The van der Waals surface area contributed by atoms with Gasteiger partial charge in [-0.15, -0.1) is 0 Å². The van der Waals surface area contributed by atoms with Crippen molar-refractivity contribution in [2.24, 2.45) is 0 Å². The molecule has 5 heteroatoms. The molecule has 1 heterocycles. The smallest absolute Gasteiger partial charge is 0.307 e. The van der Waals surface area contributed by atoms with Crippen LogP contribution >= 0.6 is 11.6 Å². The van der Waals surface area contributed by atoms with Crippen molar-refractivity contribution >= 4 is 23.3 Å². The van der Waals surface area contributed by atoms with Crippen molar-refractivity contribution in [1.29, 1.82) is 0 Å². The first-order valence-electron chi connectivity index (χ1n) is 4.14. The Bertz CT molecular complexity index is 317. The molecular weight excluding hydrogens is 204 g/mol. The maximum atomic E-state index is 10.8. The van der Waals surface area contributed by atoms with Gasteiger partial charge in [0.2, 0.25) is 0 Å². The van der Waals surface area contributed by atoms with Crippen molar-refractivity contribution in [1.82, 2.24) is 4.98 Å². The summed E-state index contributed by atoms with van der Waals surface area (Å²) in [6.07, 6.45) is 1.93. The molecule has 1 aromatic rings. The van der Waals surface area contributed by atoms with Gasteiger partial charge >= 0.3 is 5.97 Å². The molecule has 14 heavy (non-hydrogen) atoms. The third kappa shape index (κ3) is 3.62. The lowest BCUT2D eigenvalue weighted by molar-refractivity contribution is -0.140. The van der Waals surface area contributed by atoms with E-state index in [1.165, 1.54) is 7.11 Å². The number of nitrogens with one attached hydrogen (secondary N) is 1. The maximum absolute atomic E-state index is 10.8. The number of hydrogen-bond acceptors (Lipinski definition) is 4. The Morgan fingerprint density at radius 3 is 3.14 bits per heavy atom. The van der Waals surface area contributed by atoms with E-state index in [0.717, 1.165) is 5.69 Å². The molecular formula is C9H11ClN2O2. The molecule has 4 nitrogen and oxygen atoms in total. The van der Waals surface area contributed by atoms with Gasteiger partial charge < -0.3 is 10.1 Å². The number of aromatic nitrogens is 1. The van der Waals surface area contributed by atoms with E-state index in [1.54, 1.807) is 18.3 Å². The fourth-order valence-corrected chi connectivity index (χ4v) is 1.10. The van der Waals surface area contributed by atoms with Crippen LogP contribution in [-0.2, 0) is 9.53 Å². The van der Waals surface area contributed by atoms with Gasteiger partial charge in [-0.25, -0.2) is 4.98 Å². The van der Waals surface area contributed by atoms with Gasteiger partial charge in [0, 0.05) is 18.4 Å². The SMILES string of the molecule is COC(=O)CCNc1ccnc(Cl)c1. The summed E-state index contributed by atoms with van der Waals surface area (Å²) in [7, 11) is 1.37. The highest BCUT2D eigenvalue weighted by Gasteiger charge is 1.99. The summed E-state index contributed by atoms with van der Waals surface area (Å²) in [5.41, 5.74) is 0.842. The van der Waals surface area contributed by atoms with Crippen LogP contribution < -0.4 is 5.32 Å². The zero-order valence-corrected chi connectivity index (χ0v) is 8.54. The van der Waals surface area contributed by atoms with Crippen LogP contribution in [0.5, 0.6) is 0 Å². The summed E-state index contributed by atoms with van der Waals surface area (Å²) in [5, 5.41) is 3.45. The summed E-state index contributed by atoms with van der Waals surface area (Å²) in [6.45, 7) is 0.521. The number of hydrogen-bond donors (Lipinski definition) is 1. The number of nitrogens with zero attached hydrogens (tertiary/aromatic N) is 1. The predicted octanol–water partition coefficient (Wildman–Crippen LogP) is 1.71. The molecule has 0 spiro atoms. The fourth-order valence-electron chi connectivity index (χ4n) is 0.923. The quantitative estimate of drug-likeness (QED) is 0.613. The van der Waals surface area contributed by atoms with E-state index < -0.39 is 0 Å². The lowest BCUT2D eigenvalue weighted by Gasteiger charge is -2.04. The fraction of sp³-hybridized carbons (Fsp3) is 0.333.